The molecule has 0 spiro atoms. The Labute approximate surface area is 226 Å². The van der Waals surface area contributed by atoms with Crippen molar-refractivity contribution >= 4 is 22.6 Å². The van der Waals surface area contributed by atoms with Crippen LogP contribution in [0.25, 0.3) is 33.3 Å². The van der Waals surface area contributed by atoms with E-state index in [9.17, 15) is 27.2 Å². The third-order valence-electron chi connectivity index (χ3n) is 6.75. The number of aromatic nitrogens is 3. The Bertz CT molecular complexity index is 1760. The lowest BCUT2D eigenvalue weighted by molar-refractivity contribution is -0.118. The zero-order valence-electron chi connectivity index (χ0n) is 21.5. The number of hydrogen-bond donors (Lipinski definition) is 2. The van der Waals surface area contributed by atoms with Gasteiger partial charge < -0.3 is 14.9 Å². The van der Waals surface area contributed by atoms with Crippen LogP contribution in [0.2, 0.25) is 0 Å². The fourth-order valence-corrected chi connectivity index (χ4v) is 4.86. The van der Waals surface area contributed by atoms with Crippen molar-refractivity contribution in [1.82, 2.24) is 14.5 Å². The van der Waals surface area contributed by atoms with Crippen LogP contribution >= 0.6 is 0 Å². The summed E-state index contributed by atoms with van der Waals surface area (Å²) in [6.07, 6.45) is -0.377. The highest BCUT2D eigenvalue weighted by Gasteiger charge is 2.26. The molecule has 3 heterocycles. The number of rotatable bonds is 7. The number of carbonyl (C=O) groups excluding carboxylic acids is 1. The zero-order chi connectivity index (χ0) is 28.6. The van der Waals surface area contributed by atoms with Crippen LogP contribution in [0.1, 0.15) is 23.5 Å². The summed E-state index contributed by atoms with van der Waals surface area (Å²) in [5, 5.41) is 3.01. The summed E-state index contributed by atoms with van der Waals surface area (Å²) < 4.78 is 55.3. The first-order chi connectivity index (χ1) is 19.1. The zero-order valence-corrected chi connectivity index (χ0v) is 21.5. The number of amides is 1. The number of H-pyrrole nitrogens is 1. The average Bonchev–Trinajstić information content (AvgIpc) is 3.33. The maximum absolute atomic E-state index is 13.7. The molecule has 1 amide bonds. The van der Waals surface area contributed by atoms with E-state index in [4.69, 9.17) is 0 Å². The van der Waals surface area contributed by atoms with E-state index in [1.807, 2.05) is 6.92 Å². The monoisotopic (exact) mass is 548 g/mol. The van der Waals surface area contributed by atoms with Crippen LogP contribution in [0, 0.1) is 18.6 Å². The number of nitrogens with zero attached hydrogens (tertiary/aromatic N) is 2. The summed E-state index contributed by atoms with van der Waals surface area (Å²) in [5.74, 6) is -2.84. The Morgan fingerprint density at radius 1 is 1.00 bits per heavy atom. The van der Waals surface area contributed by atoms with Gasteiger partial charge in [-0.05, 0) is 60.0 Å². The molecule has 0 saturated carbocycles. The number of pyridine rings is 2. The van der Waals surface area contributed by atoms with E-state index < -0.39 is 36.3 Å². The van der Waals surface area contributed by atoms with Gasteiger partial charge in [0.25, 0.3) is 5.56 Å². The lowest BCUT2D eigenvalue weighted by Gasteiger charge is -2.17. The molecule has 0 radical (unpaired) electrons. The molecule has 5 aromatic rings. The topological polar surface area (TPSA) is 79.8 Å². The second kappa shape index (κ2) is 10.8. The van der Waals surface area contributed by atoms with E-state index in [2.05, 4.69) is 15.3 Å². The molecule has 3 aromatic heterocycles. The molecule has 0 aliphatic rings. The molecule has 1 atom stereocenters. The molecule has 0 fully saturated rings. The molecule has 40 heavy (non-hydrogen) atoms. The average molecular weight is 549 g/mol. The van der Waals surface area contributed by atoms with Crippen molar-refractivity contribution in [2.45, 2.75) is 25.7 Å². The minimum atomic E-state index is -2.77. The van der Waals surface area contributed by atoms with Crippen LogP contribution < -0.4 is 10.9 Å². The van der Waals surface area contributed by atoms with Gasteiger partial charge in [-0.1, -0.05) is 24.3 Å². The number of nitrogens with one attached hydrogen (secondary N) is 2. The number of alkyl halides is 2. The fourth-order valence-electron chi connectivity index (χ4n) is 4.86. The van der Waals surface area contributed by atoms with Gasteiger partial charge in [-0.2, -0.15) is 0 Å². The Balaban J connectivity index is 1.58. The summed E-state index contributed by atoms with van der Waals surface area (Å²) in [6, 6.07) is 13.8. The number of halogens is 4. The van der Waals surface area contributed by atoms with Crippen LogP contribution in [0.5, 0.6) is 0 Å². The number of aromatic amines is 1. The third-order valence-corrected chi connectivity index (χ3v) is 6.75. The molecule has 2 N–H and O–H groups in total. The predicted octanol–water partition coefficient (Wildman–Crippen LogP) is 6.56. The van der Waals surface area contributed by atoms with Crippen LogP contribution in [-0.4, -0.2) is 26.9 Å². The summed E-state index contributed by atoms with van der Waals surface area (Å²) in [7, 11) is 1.65. The molecular formula is C30H24F4N4O2. The van der Waals surface area contributed by atoms with Crippen molar-refractivity contribution in [3.8, 4) is 22.4 Å². The summed E-state index contributed by atoms with van der Waals surface area (Å²) in [4.78, 5) is 33.8. The molecule has 0 bridgehead atoms. The molecule has 0 unspecified atom stereocenters. The van der Waals surface area contributed by atoms with Gasteiger partial charge in [-0.15, -0.1) is 0 Å². The number of benzene rings is 2. The van der Waals surface area contributed by atoms with Crippen molar-refractivity contribution in [3.05, 3.63) is 106 Å². The molecule has 204 valence electrons. The first kappa shape index (κ1) is 26.9. The van der Waals surface area contributed by atoms with E-state index in [0.717, 1.165) is 17.7 Å². The molecule has 2 aromatic carbocycles. The fraction of sp³-hybridized carbons (Fsp3) is 0.167. The first-order valence-electron chi connectivity index (χ1n) is 12.4. The highest BCUT2D eigenvalue weighted by molar-refractivity contribution is 6.04. The number of fused-ring (bicyclic) bond motifs is 1. The maximum Gasteiger partial charge on any atom is 0.260 e. The lowest BCUT2D eigenvalue weighted by atomic mass is 9.95. The molecule has 0 aliphatic heterocycles. The molecule has 0 saturated heterocycles. The maximum atomic E-state index is 13.7. The van der Waals surface area contributed by atoms with Crippen LogP contribution in [0.15, 0.2) is 77.9 Å². The van der Waals surface area contributed by atoms with E-state index in [1.165, 1.54) is 35.0 Å². The third kappa shape index (κ3) is 5.25. The summed E-state index contributed by atoms with van der Waals surface area (Å²) in [6.45, 7) is 1.85. The first-order valence-corrected chi connectivity index (χ1v) is 12.4. The van der Waals surface area contributed by atoms with Gasteiger partial charge in [-0.3, -0.25) is 9.59 Å². The minimum absolute atomic E-state index is 0.0946. The minimum Gasteiger partial charge on any atom is -0.354 e. The smallest absolute Gasteiger partial charge is 0.260 e. The van der Waals surface area contributed by atoms with E-state index in [-0.39, 0.29) is 16.9 Å². The largest absolute Gasteiger partial charge is 0.354 e. The number of carbonyl (C=O) groups is 1. The lowest BCUT2D eigenvalue weighted by Crippen LogP contribution is -2.23. The van der Waals surface area contributed by atoms with Gasteiger partial charge in [-0.25, -0.2) is 22.5 Å². The van der Waals surface area contributed by atoms with Crippen molar-refractivity contribution in [3.63, 3.8) is 0 Å². The van der Waals surface area contributed by atoms with Gasteiger partial charge in [0, 0.05) is 37.0 Å². The van der Waals surface area contributed by atoms with Crippen LogP contribution in [0.3, 0.4) is 0 Å². The highest BCUT2D eigenvalue weighted by Crippen LogP contribution is 2.38. The van der Waals surface area contributed by atoms with Gasteiger partial charge >= 0.3 is 0 Å². The predicted molar refractivity (Wildman–Crippen MR) is 145 cm³/mol. The number of hydrogen-bond acceptors (Lipinski definition) is 3. The molecule has 0 aliphatic carbocycles. The summed E-state index contributed by atoms with van der Waals surface area (Å²) in [5.41, 5.74) is 3.64. The van der Waals surface area contributed by atoms with Gasteiger partial charge in [0.15, 0.2) is 0 Å². The Hall–Kier alpha value is -4.73. The SMILES string of the molecule is Cc1cn(C)c(=O)c2c(-c3ccc(F)cc3)c(-c3ccnc(NC(=O)[C@@H](CC(F)F)c4ccc(F)cc4)c3)[nH]c12. The Kier molecular flexibility index (Phi) is 7.25. The van der Waals surface area contributed by atoms with Gasteiger partial charge in [0.2, 0.25) is 12.3 Å². The Morgan fingerprint density at radius 2 is 1.65 bits per heavy atom. The van der Waals surface area contributed by atoms with E-state index in [0.29, 0.717) is 33.3 Å². The number of anilines is 1. The van der Waals surface area contributed by atoms with Crippen molar-refractivity contribution in [1.29, 1.82) is 0 Å². The van der Waals surface area contributed by atoms with E-state index in [1.54, 1.807) is 37.5 Å². The normalized spacial score (nSPS) is 12.2. The van der Waals surface area contributed by atoms with E-state index >= 15 is 0 Å². The molecular weight excluding hydrogens is 524 g/mol. The van der Waals surface area contributed by atoms with Crippen molar-refractivity contribution in [2.75, 3.05) is 5.32 Å². The quantitative estimate of drug-likeness (QED) is 0.226. The van der Waals surface area contributed by atoms with Crippen molar-refractivity contribution in [2.24, 2.45) is 7.05 Å². The van der Waals surface area contributed by atoms with Crippen molar-refractivity contribution < 1.29 is 22.4 Å². The second-order valence-electron chi connectivity index (χ2n) is 9.51. The summed E-state index contributed by atoms with van der Waals surface area (Å²) >= 11 is 0. The Morgan fingerprint density at radius 3 is 2.30 bits per heavy atom. The second-order valence-corrected chi connectivity index (χ2v) is 9.51. The standard InChI is InChI=1S/C30H24F4N4O2/c1-16-15-38(2)30(40)26-25(18-5-9-21(32)10-6-18)28(37-27(16)26)19-11-12-35-24(13-19)36-29(39)22(14-23(33)34)17-3-7-20(31)8-4-17/h3-13,15,22-23,37H,14H2,1-2H3,(H,35,36,39)/t22-/m0/s1. The molecule has 5 rings (SSSR count). The molecule has 6 nitrogen and oxygen atoms in total. The highest BCUT2D eigenvalue weighted by atomic mass is 19.3. The number of aryl methyl sites for hydroxylation is 2. The van der Waals surface area contributed by atoms with Gasteiger partial charge in [0.1, 0.15) is 17.5 Å². The van der Waals surface area contributed by atoms with Gasteiger partial charge in [0.05, 0.1) is 22.5 Å². The van der Waals surface area contributed by atoms with Crippen LogP contribution in [0.4, 0.5) is 23.4 Å². The molecule has 10 heteroatoms. The van der Waals surface area contributed by atoms with Crippen LogP contribution in [-0.2, 0) is 11.8 Å².